The van der Waals surface area contributed by atoms with Gasteiger partial charge in [-0.3, -0.25) is 0 Å². The van der Waals surface area contributed by atoms with Crippen LogP contribution in [0.4, 0.5) is 0 Å². The van der Waals surface area contributed by atoms with Gasteiger partial charge in [0.15, 0.2) is 0 Å². The number of nitrogens with one attached hydrogen (secondary N) is 1. The summed E-state index contributed by atoms with van der Waals surface area (Å²) in [4.78, 5) is 0. The van der Waals surface area contributed by atoms with Crippen LogP contribution in [-0.4, -0.2) is 11.2 Å². The van der Waals surface area contributed by atoms with Gasteiger partial charge in [-0.05, 0) is 45.4 Å². The van der Waals surface area contributed by atoms with Gasteiger partial charge in [-0.2, -0.15) is 0 Å². The van der Waals surface area contributed by atoms with E-state index in [1.165, 1.54) is 31.2 Å². The first-order chi connectivity index (χ1) is 7.66. The van der Waals surface area contributed by atoms with Crippen molar-refractivity contribution >= 4 is 0 Å². The maximum absolute atomic E-state index is 5.16. The van der Waals surface area contributed by atoms with Gasteiger partial charge in [0.25, 0.3) is 0 Å². The molecule has 1 aromatic heterocycles. The smallest absolute Gasteiger partial charge is 0.138 e. The van der Waals surface area contributed by atoms with E-state index in [0.717, 1.165) is 23.9 Å². The van der Waals surface area contributed by atoms with Gasteiger partial charge in [0, 0.05) is 18.2 Å². The maximum Gasteiger partial charge on any atom is 0.138 e. The molecule has 1 N–H and O–H groups in total. The fourth-order valence-corrected chi connectivity index (χ4v) is 2.46. The van der Waals surface area contributed by atoms with Crippen molar-refractivity contribution in [2.75, 3.05) is 0 Å². The summed E-state index contributed by atoms with van der Waals surface area (Å²) in [6, 6.07) is 0.685. The molecule has 1 fully saturated rings. The molecule has 0 spiro atoms. The van der Waals surface area contributed by atoms with Gasteiger partial charge < -0.3 is 9.84 Å². The van der Waals surface area contributed by atoms with Crippen molar-refractivity contribution in [3.8, 4) is 0 Å². The highest BCUT2D eigenvalue weighted by Crippen LogP contribution is 2.24. The zero-order valence-corrected chi connectivity index (χ0v) is 10.5. The van der Waals surface area contributed by atoms with Gasteiger partial charge in [0.05, 0.1) is 5.69 Å². The third-order valence-corrected chi connectivity index (χ3v) is 3.76. The molecule has 0 saturated heterocycles. The van der Waals surface area contributed by atoms with Crippen LogP contribution in [0.1, 0.15) is 49.6 Å². The molecule has 90 valence electrons. The lowest BCUT2D eigenvalue weighted by Gasteiger charge is -2.27. The molecular weight excluding hydrogens is 200 g/mol. The molecule has 0 unspecified atom stereocenters. The summed E-state index contributed by atoms with van der Waals surface area (Å²) in [6.07, 6.45) is 5.34. The Morgan fingerprint density at radius 1 is 1.25 bits per heavy atom. The van der Waals surface area contributed by atoms with Gasteiger partial charge in [-0.1, -0.05) is 12.1 Å². The largest absolute Gasteiger partial charge is 0.361 e. The van der Waals surface area contributed by atoms with Crippen LogP contribution < -0.4 is 5.32 Å². The summed E-state index contributed by atoms with van der Waals surface area (Å²) in [5.74, 6) is 1.87. The molecule has 0 amide bonds. The summed E-state index contributed by atoms with van der Waals surface area (Å²) in [6.45, 7) is 7.25. The van der Waals surface area contributed by atoms with Crippen LogP contribution in [0.25, 0.3) is 0 Å². The Balaban J connectivity index is 1.83. The van der Waals surface area contributed by atoms with E-state index < -0.39 is 0 Å². The number of hydrogen-bond donors (Lipinski definition) is 1. The average Bonchev–Trinajstić information content (AvgIpc) is 2.59. The molecule has 0 aliphatic heterocycles. The van der Waals surface area contributed by atoms with Crippen molar-refractivity contribution in [1.82, 2.24) is 10.5 Å². The average molecular weight is 222 g/mol. The molecule has 3 heteroatoms. The summed E-state index contributed by atoms with van der Waals surface area (Å²) in [7, 11) is 0. The van der Waals surface area contributed by atoms with E-state index in [-0.39, 0.29) is 0 Å². The summed E-state index contributed by atoms with van der Waals surface area (Å²) >= 11 is 0. The molecule has 0 bridgehead atoms. The normalized spacial score (nSPS) is 25.9. The van der Waals surface area contributed by atoms with Gasteiger partial charge >= 0.3 is 0 Å². The first-order valence-corrected chi connectivity index (χ1v) is 6.32. The Kier molecular flexibility index (Phi) is 3.64. The van der Waals surface area contributed by atoms with Crippen molar-refractivity contribution in [2.45, 2.75) is 59.0 Å². The van der Waals surface area contributed by atoms with Gasteiger partial charge in [0.2, 0.25) is 0 Å². The minimum Gasteiger partial charge on any atom is -0.361 e. The van der Waals surface area contributed by atoms with Crippen molar-refractivity contribution in [3.63, 3.8) is 0 Å². The second kappa shape index (κ2) is 5.00. The Labute approximate surface area is 97.6 Å². The summed E-state index contributed by atoms with van der Waals surface area (Å²) < 4.78 is 5.16. The van der Waals surface area contributed by atoms with Crippen LogP contribution in [-0.2, 0) is 6.54 Å². The van der Waals surface area contributed by atoms with Crippen molar-refractivity contribution < 1.29 is 4.52 Å². The standard InChI is InChI=1S/C13H22N2O/c1-9-4-6-12(7-5-9)14-8-13-10(2)15-16-11(13)3/h9,12,14H,4-8H2,1-3H3. The molecule has 1 aliphatic rings. The second-order valence-corrected chi connectivity index (χ2v) is 5.14. The molecule has 0 radical (unpaired) electrons. The zero-order chi connectivity index (χ0) is 11.5. The Morgan fingerprint density at radius 3 is 2.50 bits per heavy atom. The number of aryl methyl sites for hydroxylation is 2. The molecular formula is C13H22N2O. The quantitative estimate of drug-likeness (QED) is 0.854. The lowest BCUT2D eigenvalue weighted by Crippen LogP contribution is -2.32. The predicted molar refractivity (Wildman–Crippen MR) is 64.2 cm³/mol. The monoisotopic (exact) mass is 222 g/mol. The Bertz CT molecular complexity index is 318. The van der Waals surface area contributed by atoms with Crippen molar-refractivity contribution in [2.24, 2.45) is 5.92 Å². The topological polar surface area (TPSA) is 38.1 Å². The fraction of sp³-hybridized carbons (Fsp3) is 0.769. The third kappa shape index (κ3) is 2.64. The number of aromatic nitrogens is 1. The highest BCUT2D eigenvalue weighted by Gasteiger charge is 2.18. The van der Waals surface area contributed by atoms with E-state index in [1.54, 1.807) is 0 Å². The Morgan fingerprint density at radius 2 is 1.94 bits per heavy atom. The minimum absolute atomic E-state index is 0.685. The van der Waals surface area contributed by atoms with Crippen LogP contribution in [0.15, 0.2) is 4.52 Å². The number of hydrogen-bond acceptors (Lipinski definition) is 3. The maximum atomic E-state index is 5.16. The van der Waals surface area contributed by atoms with Crippen molar-refractivity contribution in [3.05, 3.63) is 17.0 Å². The number of nitrogens with zero attached hydrogens (tertiary/aromatic N) is 1. The van der Waals surface area contributed by atoms with E-state index in [9.17, 15) is 0 Å². The molecule has 1 heterocycles. The highest BCUT2D eigenvalue weighted by atomic mass is 16.5. The van der Waals surface area contributed by atoms with Crippen LogP contribution in [0.3, 0.4) is 0 Å². The molecule has 1 aliphatic carbocycles. The summed E-state index contributed by atoms with van der Waals surface area (Å²) in [5, 5.41) is 7.60. The van der Waals surface area contributed by atoms with E-state index in [2.05, 4.69) is 17.4 Å². The highest BCUT2D eigenvalue weighted by molar-refractivity contribution is 5.20. The SMILES string of the molecule is Cc1noc(C)c1CNC1CCC(C)CC1. The van der Waals surface area contributed by atoms with Gasteiger partial charge in [-0.25, -0.2) is 0 Å². The predicted octanol–water partition coefficient (Wildman–Crippen LogP) is 2.96. The fourth-order valence-electron chi connectivity index (χ4n) is 2.46. The van der Waals surface area contributed by atoms with Crippen LogP contribution in [0, 0.1) is 19.8 Å². The van der Waals surface area contributed by atoms with Crippen LogP contribution in [0.2, 0.25) is 0 Å². The first-order valence-electron chi connectivity index (χ1n) is 6.32. The van der Waals surface area contributed by atoms with E-state index >= 15 is 0 Å². The van der Waals surface area contributed by atoms with Gasteiger partial charge in [-0.15, -0.1) is 0 Å². The second-order valence-electron chi connectivity index (χ2n) is 5.14. The van der Waals surface area contributed by atoms with Crippen LogP contribution in [0.5, 0.6) is 0 Å². The Hall–Kier alpha value is -0.830. The van der Waals surface area contributed by atoms with Crippen LogP contribution >= 0.6 is 0 Å². The molecule has 3 nitrogen and oxygen atoms in total. The lowest BCUT2D eigenvalue weighted by atomic mass is 9.87. The molecule has 16 heavy (non-hydrogen) atoms. The third-order valence-electron chi connectivity index (χ3n) is 3.76. The molecule has 0 atom stereocenters. The van der Waals surface area contributed by atoms with E-state index in [1.807, 2.05) is 13.8 Å². The number of rotatable bonds is 3. The van der Waals surface area contributed by atoms with E-state index in [4.69, 9.17) is 4.52 Å². The molecule has 1 saturated carbocycles. The van der Waals surface area contributed by atoms with Crippen molar-refractivity contribution in [1.29, 1.82) is 0 Å². The minimum atomic E-state index is 0.685. The van der Waals surface area contributed by atoms with E-state index in [0.29, 0.717) is 6.04 Å². The first kappa shape index (κ1) is 11.6. The lowest BCUT2D eigenvalue weighted by molar-refractivity contribution is 0.306. The molecule has 1 aromatic rings. The summed E-state index contributed by atoms with van der Waals surface area (Å²) in [5.41, 5.74) is 2.26. The molecule has 2 rings (SSSR count). The molecule has 0 aromatic carbocycles. The zero-order valence-electron chi connectivity index (χ0n) is 10.5. The van der Waals surface area contributed by atoms with Gasteiger partial charge in [0.1, 0.15) is 5.76 Å².